The SMILES string of the molecule is CCCC1CCC(C2CCC(C#CC#CC3(OC(=O)C4CCC(OCCCO)CC4)CCC(C4CCC(CCC)CC4)CC3)(OC(=O)C3CCC(OCCCO)CC3)CC2)CC1. The predicted octanol–water partition coefficient (Wildman–Crippen LogP) is 11.1. The molecule has 0 unspecified atom stereocenters. The molecule has 8 heteroatoms. The van der Waals surface area contributed by atoms with Gasteiger partial charge in [-0.15, -0.1) is 0 Å². The molecule has 0 heterocycles. The molecule has 62 heavy (non-hydrogen) atoms. The quantitative estimate of drug-likeness (QED) is 0.0796. The highest BCUT2D eigenvalue weighted by Gasteiger charge is 2.44. The van der Waals surface area contributed by atoms with E-state index in [1.54, 1.807) is 0 Å². The first kappa shape index (κ1) is 49.3. The molecule has 0 amide bonds. The van der Waals surface area contributed by atoms with Crippen LogP contribution in [-0.2, 0) is 28.5 Å². The van der Waals surface area contributed by atoms with Crippen molar-refractivity contribution in [3.05, 3.63) is 0 Å². The molecule has 6 aliphatic rings. The third kappa shape index (κ3) is 14.7. The Morgan fingerprint density at radius 1 is 0.484 bits per heavy atom. The molecular weight excluding hydrogens is 777 g/mol. The molecule has 6 fully saturated rings. The number of rotatable bonds is 18. The third-order valence-electron chi connectivity index (χ3n) is 16.7. The van der Waals surface area contributed by atoms with Gasteiger partial charge in [0.05, 0.1) is 24.0 Å². The molecule has 8 nitrogen and oxygen atoms in total. The lowest BCUT2D eigenvalue weighted by atomic mass is 9.67. The molecule has 0 bridgehead atoms. The number of hydrogen-bond acceptors (Lipinski definition) is 8. The van der Waals surface area contributed by atoms with E-state index in [4.69, 9.17) is 29.2 Å². The average Bonchev–Trinajstić information content (AvgIpc) is 3.30. The van der Waals surface area contributed by atoms with Crippen LogP contribution in [0.3, 0.4) is 0 Å². The van der Waals surface area contributed by atoms with Crippen LogP contribution in [0.1, 0.15) is 206 Å². The van der Waals surface area contributed by atoms with E-state index in [1.165, 1.54) is 77.0 Å². The molecular formula is C54H86O8. The van der Waals surface area contributed by atoms with Crippen LogP contribution < -0.4 is 0 Å². The van der Waals surface area contributed by atoms with Gasteiger partial charge < -0.3 is 29.2 Å². The number of aliphatic hydroxyl groups is 2. The van der Waals surface area contributed by atoms with Gasteiger partial charge in [-0.25, -0.2) is 0 Å². The normalized spacial score (nSPS) is 36.6. The Hall–Kier alpha value is -2.10. The number of esters is 2. The van der Waals surface area contributed by atoms with Crippen molar-refractivity contribution in [2.24, 2.45) is 47.3 Å². The Morgan fingerprint density at radius 2 is 0.823 bits per heavy atom. The maximum absolute atomic E-state index is 13.9. The minimum absolute atomic E-state index is 0.124. The molecule has 0 aromatic heterocycles. The molecule has 0 radical (unpaired) electrons. The van der Waals surface area contributed by atoms with Crippen molar-refractivity contribution >= 4 is 11.9 Å². The van der Waals surface area contributed by atoms with Gasteiger partial charge in [-0.1, -0.05) is 65.2 Å². The van der Waals surface area contributed by atoms with Gasteiger partial charge >= 0.3 is 11.9 Å². The van der Waals surface area contributed by atoms with Crippen LogP contribution >= 0.6 is 0 Å². The Kier molecular flexibility index (Phi) is 20.3. The smallest absolute Gasteiger partial charge is 0.310 e. The number of aliphatic hydroxyl groups excluding tert-OH is 2. The monoisotopic (exact) mass is 863 g/mol. The average molecular weight is 863 g/mol. The zero-order chi connectivity index (χ0) is 43.6. The fourth-order valence-electron chi connectivity index (χ4n) is 12.8. The Bertz CT molecular complexity index is 1330. The van der Waals surface area contributed by atoms with E-state index in [0.29, 0.717) is 37.9 Å². The van der Waals surface area contributed by atoms with E-state index >= 15 is 0 Å². The summed E-state index contributed by atoms with van der Waals surface area (Å²) in [6, 6.07) is 0. The van der Waals surface area contributed by atoms with Gasteiger partial charge in [0.15, 0.2) is 11.2 Å². The second-order valence-corrected chi connectivity index (χ2v) is 21.0. The highest BCUT2D eigenvalue weighted by atomic mass is 16.6. The minimum atomic E-state index is -0.841. The second-order valence-electron chi connectivity index (χ2n) is 21.0. The summed E-state index contributed by atoms with van der Waals surface area (Å²) in [6.07, 6.45) is 31.0. The first-order valence-electron chi connectivity index (χ1n) is 26.2. The highest BCUT2D eigenvalue weighted by molar-refractivity contribution is 5.74. The molecule has 6 saturated carbocycles. The van der Waals surface area contributed by atoms with Gasteiger partial charge in [-0.3, -0.25) is 9.59 Å². The lowest BCUT2D eigenvalue weighted by Crippen LogP contribution is -2.42. The molecule has 6 aliphatic carbocycles. The zero-order valence-electron chi connectivity index (χ0n) is 39.2. The Morgan fingerprint density at radius 3 is 1.15 bits per heavy atom. The largest absolute Gasteiger partial charge is 0.446 e. The van der Waals surface area contributed by atoms with E-state index in [2.05, 4.69) is 37.5 Å². The summed E-state index contributed by atoms with van der Waals surface area (Å²) in [5, 5.41) is 18.3. The van der Waals surface area contributed by atoms with E-state index in [-0.39, 0.29) is 49.2 Å². The maximum atomic E-state index is 13.9. The van der Waals surface area contributed by atoms with Crippen LogP contribution in [0, 0.1) is 71.0 Å². The van der Waals surface area contributed by atoms with Gasteiger partial charge in [0, 0.05) is 26.4 Å². The summed E-state index contributed by atoms with van der Waals surface area (Å²) in [6.45, 7) is 5.99. The number of carbonyl (C=O) groups is 2. The summed E-state index contributed by atoms with van der Waals surface area (Å²) in [4.78, 5) is 27.9. The van der Waals surface area contributed by atoms with Crippen LogP contribution in [0.25, 0.3) is 0 Å². The third-order valence-corrected chi connectivity index (χ3v) is 16.7. The summed E-state index contributed by atoms with van der Waals surface area (Å²) in [5.74, 6) is 17.5. The van der Waals surface area contributed by atoms with Gasteiger partial charge in [0.2, 0.25) is 0 Å². The molecule has 0 spiro atoms. The summed E-state index contributed by atoms with van der Waals surface area (Å²) in [7, 11) is 0. The fourth-order valence-corrected chi connectivity index (χ4v) is 12.8. The van der Waals surface area contributed by atoms with Crippen molar-refractivity contribution in [3.63, 3.8) is 0 Å². The zero-order valence-corrected chi connectivity index (χ0v) is 39.2. The van der Waals surface area contributed by atoms with Crippen molar-refractivity contribution in [1.29, 1.82) is 0 Å². The van der Waals surface area contributed by atoms with Crippen LogP contribution in [0.4, 0.5) is 0 Å². The predicted molar refractivity (Wildman–Crippen MR) is 245 cm³/mol. The lowest BCUT2D eigenvalue weighted by molar-refractivity contribution is -0.166. The summed E-state index contributed by atoms with van der Waals surface area (Å²) in [5.41, 5.74) is -1.68. The number of carbonyl (C=O) groups excluding carboxylic acids is 2. The van der Waals surface area contributed by atoms with E-state index < -0.39 is 11.2 Å². The number of ether oxygens (including phenoxy) is 4. The van der Waals surface area contributed by atoms with Crippen LogP contribution in [0.15, 0.2) is 0 Å². The molecule has 2 N–H and O–H groups in total. The van der Waals surface area contributed by atoms with Crippen LogP contribution in [-0.4, -0.2) is 72.0 Å². The van der Waals surface area contributed by atoms with Crippen molar-refractivity contribution in [3.8, 4) is 23.7 Å². The van der Waals surface area contributed by atoms with Crippen molar-refractivity contribution in [1.82, 2.24) is 0 Å². The van der Waals surface area contributed by atoms with Crippen LogP contribution in [0.5, 0.6) is 0 Å². The molecule has 0 aromatic carbocycles. The molecule has 0 aliphatic heterocycles. The molecule has 6 rings (SSSR count). The van der Waals surface area contributed by atoms with Gasteiger partial charge in [-0.2, -0.15) is 0 Å². The van der Waals surface area contributed by atoms with Crippen molar-refractivity contribution in [2.75, 3.05) is 26.4 Å². The van der Waals surface area contributed by atoms with Gasteiger partial charge in [0.1, 0.15) is 0 Å². The summed E-state index contributed by atoms with van der Waals surface area (Å²) >= 11 is 0. The maximum Gasteiger partial charge on any atom is 0.310 e. The van der Waals surface area contributed by atoms with E-state index in [1.807, 2.05) is 0 Å². The summed E-state index contributed by atoms with van der Waals surface area (Å²) < 4.78 is 25.1. The highest BCUT2D eigenvalue weighted by Crippen LogP contribution is 2.47. The van der Waals surface area contributed by atoms with E-state index in [0.717, 1.165) is 126 Å². The lowest BCUT2D eigenvalue weighted by Gasteiger charge is -2.41. The molecule has 0 saturated heterocycles. The van der Waals surface area contributed by atoms with E-state index in [9.17, 15) is 9.59 Å². The minimum Gasteiger partial charge on any atom is -0.446 e. The molecule has 0 aromatic rings. The molecule has 0 atom stereocenters. The molecule has 350 valence electrons. The van der Waals surface area contributed by atoms with Crippen molar-refractivity contribution in [2.45, 2.75) is 230 Å². The Labute approximate surface area is 376 Å². The second kappa shape index (κ2) is 25.6. The van der Waals surface area contributed by atoms with Gasteiger partial charge in [-0.05, 0) is 200 Å². The fraction of sp³-hybridized carbons (Fsp3) is 0.889. The topological polar surface area (TPSA) is 112 Å². The van der Waals surface area contributed by atoms with Crippen molar-refractivity contribution < 1.29 is 38.7 Å². The standard InChI is InChI=1S/C54H86O8/c1-3-9-41-11-15-43(16-12-41)45-27-33-53(34-28-45,61-51(57)47-19-23-49(24-20-47)59-39-7-37-55)31-5-6-32-54(62-52(58)48-21-25-50(26-22-48)60-40-8-38-56)35-29-46(30-36-54)44-17-13-42(10-4-2)14-18-44/h41-50,55-56H,3-4,7-30,33-40H2,1-2H3. The number of hydrogen-bond donors (Lipinski definition) is 2. The first-order chi connectivity index (χ1) is 30.3. The van der Waals surface area contributed by atoms with Gasteiger partial charge in [0.25, 0.3) is 0 Å². The van der Waals surface area contributed by atoms with Crippen LogP contribution in [0.2, 0.25) is 0 Å². The Balaban J connectivity index is 1.14. The first-order valence-corrected chi connectivity index (χ1v) is 26.2.